The number of methoxy groups -OCH3 is 2. The number of sulfonamides is 1. The summed E-state index contributed by atoms with van der Waals surface area (Å²) < 4.78 is 42.3. The van der Waals surface area contributed by atoms with Crippen molar-refractivity contribution in [3.8, 4) is 17.4 Å². The van der Waals surface area contributed by atoms with Gasteiger partial charge in [0.05, 0.1) is 19.8 Å². The van der Waals surface area contributed by atoms with Crippen LogP contribution in [0, 0.1) is 0 Å². The molecule has 1 aromatic heterocycles. The first-order chi connectivity index (χ1) is 15.7. The van der Waals surface area contributed by atoms with E-state index < -0.39 is 26.9 Å². The number of carbonyl (C=O) groups is 2. The predicted octanol–water partition coefficient (Wildman–Crippen LogP) is 3.23. The fourth-order valence-corrected chi connectivity index (χ4v) is 3.85. The van der Waals surface area contributed by atoms with Gasteiger partial charge in [-0.15, -0.1) is 0 Å². The lowest BCUT2D eigenvalue weighted by molar-refractivity contribution is 0.0596. The molecule has 11 nitrogen and oxygen atoms in total. The van der Waals surface area contributed by atoms with E-state index in [2.05, 4.69) is 20.0 Å². The summed E-state index contributed by atoms with van der Waals surface area (Å²) in [5.41, 5.74) is -0.242. The maximum absolute atomic E-state index is 12.6. The van der Waals surface area contributed by atoms with E-state index in [4.69, 9.17) is 21.1 Å². The topological polar surface area (TPSA) is 146 Å². The maximum atomic E-state index is 12.6. The van der Waals surface area contributed by atoms with E-state index in [-0.39, 0.29) is 22.5 Å². The molecule has 3 rings (SSSR count). The van der Waals surface area contributed by atoms with Crippen LogP contribution in [0.5, 0.6) is 17.4 Å². The number of ether oxygens (including phenoxy) is 3. The number of amides is 2. The SMILES string of the molecule is COC(=O)c1ccccc1S(=O)(=O)NC(=O)Nc1nc(Cl)cc(Oc2cccc(OC)c2)n1. The van der Waals surface area contributed by atoms with Gasteiger partial charge in [0.25, 0.3) is 10.0 Å². The Morgan fingerprint density at radius 2 is 1.70 bits per heavy atom. The first-order valence-corrected chi connectivity index (χ1v) is 11.0. The second-order valence-corrected chi connectivity index (χ2v) is 8.22. The highest BCUT2D eigenvalue weighted by Gasteiger charge is 2.25. The Morgan fingerprint density at radius 3 is 2.42 bits per heavy atom. The van der Waals surface area contributed by atoms with Gasteiger partial charge in [0, 0.05) is 12.1 Å². The molecule has 0 spiro atoms. The molecule has 13 heteroatoms. The molecule has 0 aliphatic rings. The molecule has 0 radical (unpaired) electrons. The highest BCUT2D eigenvalue weighted by Crippen LogP contribution is 2.26. The van der Waals surface area contributed by atoms with E-state index in [0.717, 1.165) is 13.2 Å². The third-order valence-corrected chi connectivity index (χ3v) is 5.55. The van der Waals surface area contributed by atoms with Crippen molar-refractivity contribution in [1.29, 1.82) is 0 Å². The Kier molecular flexibility index (Phi) is 7.30. The summed E-state index contributed by atoms with van der Waals surface area (Å²) in [4.78, 5) is 31.5. The second-order valence-electron chi connectivity index (χ2n) is 6.18. The van der Waals surface area contributed by atoms with Crippen molar-refractivity contribution in [3.05, 3.63) is 65.3 Å². The third-order valence-electron chi connectivity index (χ3n) is 3.97. The molecule has 33 heavy (non-hydrogen) atoms. The van der Waals surface area contributed by atoms with Crippen LogP contribution in [0.3, 0.4) is 0 Å². The average Bonchev–Trinajstić information content (AvgIpc) is 2.77. The number of nitrogens with zero attached hydrogens (tertiary/aromatic N) is 2. The number of halogens is 1. The van der Waals surface area contributed by atoms with Gasteiger partial charge in [-0.3, -0.25) is 5.32 Å². The monoisotopic (exact) mass is 492 g/mol. The fourth-order valence-electron chi connectivity index (χ4n) is 2.57. The number of rotatable bonds is 7. The van der Waals surface area contributed by atoms with Crippen molar-refractivity contribution in [2.45, 2.75) is 4.90 Å². The minimum Gasteiger partial charge on any atom is -0.497 e. The van der Waals surface area contributed by atoms with Crippen molar-refractivity contribution < 1.29 is 32.2 Å². The van der Waals surface area contributed by atoms with Gasteiger partial charge < -0.3 is 14.2 Å². The lowest BCUT2D eigenvalue weighted by Gasteiger charge is -2.11. The number of nitrogens with one attached hydrogen (secondary N) is 2. The van der Waals surface area contributed by atoms with E-state index in [1.807, 2.05) is 0 Å². The van der Waals surface area contributed by atoms with E-state index in [0.29, 0.717) is 11.5 Å². The number of aromatic nitrogens is 2. The van der Waals surface area contributed by atoms with Gasteiger partial charge >= 0.3 is 12.0 Å². The average molecular weight is 493 g/mol. The number of carbonyl (C=O) groups excluding carboxylic acids is 2. The van der Waals surface area contributed by atoms with Gasteiger partial charge in [-0.1, -0.05) is 29.8 Å². The van der Waals surface area contributed by atoms with Crippen molar-refractivity contribution in [1.82, 2.24) is 14.7 Å². The number of hydrogen-bond acceptors (Lipinski definition) is 9. The van der Waals surface area contributed by atoms with E-state index >= 15 is 0 Å². The quantitative estimate of drug-likeness (QED) is 0.374. The van der Waals surface area contributed by atoms with Gasteiger partial charge in [-0.25, -0.2) is 27.7 Å². The summed E-state index contributed by atoms with van der Waals surface area (Å²) >= 11 is 5.96. The normalized spacial score (nSPS) is 10.8. The van der Waals surface area contributed by atoms with Crippen LogP contribution < -0.4 is 19.5 Å². The number of benzene rings is 2. The lowest BCUT2D eigenvalue weighted by atomic mass is 10.2. The molecule has 172 valence electrons. The van der Waals surface area contributed by atoms with Crippen LogP contribution in [-0.4, -0.2) is 44.6 Å². The van der Waals surface area contributed by atoms with Gasteiger partial charge in [0.15, 0.2) is 0 Å². The molecule has 0 saturated heterocycles. The Morgan fingerprint density at radius 1 is 0.970 bits per heavy atom. The van der Waals surface area contributed by atoms with Crippen LogP contribution in [0.4, 0.5) is 10.7 Å². The Labute approximate surface area is 193 Å². The standard InChI is InChI=1S/C20H17ClN4O7S/c1-30-12-6-5-7-13(10-12)32-17-11-16(21)22-19(23-17)24-20(27)25-33(28,29)15-9-4-3-8-14(15)18(26)31-2/h3-11H,1-2H3,(H2,22,23,24,25,27). The van der Waals surface area contributed by atoms with Gasteiger partial charge in [0.1, 0.15) is 21.5 Å². The minimum atomic E-state index is -4.44. The molecule has 0 aliphatic carbocycles. The Balaban J connectivity index is 1.77. The zero-order valence-corrected chi connectivity index (χ0v) is 18.8. The number of anilines is 1. The summed E-state index contributed by atoms with van der Waals surface area (Å²) in [5, 5.41) is 2.09. The summed E-state index contributed by atoms with van der Waals surface area (Å²) in [7, 11) is -1.83. The predicted molar refractivity (Wildman–Crippen MR) is 117 cm³/mol. The first-order valence-electron chi connectivity index (χ1n) is 9.09. The smallest absolute Gasteiger partial charge is 0.339 e. The van der Waals surface area contributed by atoms with Crippen LogP contribution in [0.2, 0.25) is 5.15 Å². The van der Waals surface area contributed by atoms with E-state index in [1.165, 1.54) is 31.4 Å². The summed E-state index contributed by atoms with van der Waals surface area (Å²) in [6.45, 7) is 0. The first kappa shape index (κ1) is 23.8. The molecule has 0 bridgehead atoms. The molecule has 2 amide bonds. The molecular formula is C20H17ClN4O7S. The lowest BCUT2D eigenvalue weighted by Crippen LogP contribution is -2.35. The molecule has 0 fully saturated rings. The highest BCUT2D eigenvalue weighted by molar-refractivity contribution is 7.90. The largest absolute Gasteiger partial charge is 0.497 e. The highest BCUT2D eigenvalue weighted by atomic mass is 35.5. The van der Waals surface area contributed by atoms with Crippen molar-refractivity contribution in [3.63, 3.8) is 0 Å². The molecule has 0 saturated carbocycles. The van der Waals surface area contributed by atoms with Crippen LogP contribution in [0.1, 0.15) is 10.4 Å². The van der Waals surface area contributed by atoms with Crippen molar-refractivity contribution >= 4 is 39.6 Å². The number of urea groups is 1. The Hall–Kier alpha value is -3.90. The third kappa shape index (κ3) is 6.08. The molecule has 3 aromatic rings. The van der Waals surface area contributed by atoms with Crippen LogP contribution in [-0.2, 0) is 14.8 Å². The fraction of sp³-hybridized carbons (Fsp3) is 0.100. The van der Waals surface area contributed by atoms with Gasteiger partial charge in [-0.2, -0.15) is 4.98 Å². The molecular weight excluding hydrogens is 476 g/mol. The molecule has 0 atom stereocenters. The van der Waals surface area contributed by atoms with E-state index in [1.54, 1.807) is 29.0 Å². The zero-order valence-electron chi connectivity index (χ0n) is 17.2. The second kappa shape index (κ2) is 10.1. The molecule has 2 N–H and O–H groups in total. The summed E-state index contributed by atoms with van der Waals surface area (Å²) in [5.74, 6) is -0.301. The molecule has 0 aliphatic heterocycles. The van der Waals surface area contributed by atoms with Crippen molar-refractivity contribution in [2.75, 3.05) is 19.5 Å². The zero-order chi connectivity index (χ0) is 24.0. The molecule has 0 unspecified atom stereocenters. The van der Waals surface area contributed by atoms with Gasteiger partial charge in [-0.05, 0) is 24.3 Å². The minimum absolute atomic E-state index is 0.0163. The van der Waals surface area contributed by atoms with Gasteiger partial charge in [0.2, 0.25) is 11.8 Å². The Bertz CT molecular complexity index is 1300. The molecule has 1 heterocycles. The maximum Gasteiger partial charge on any atom is 0.339 e. The summed E-state index contributed by atoms with van der Waals surface area (Å²) in [6, 6.07) is 12.0. The van der Waals surface area contributed by atoms with Crippen LogP contribution >= 0.6 is 11.6 Å². The molecule has 2 aromatic carbocycles. The summed E-state index contributed by atoms with van der Waals surface area (Å²) in [6.07, 6.45) is 0. The van der Waals surface area contributed by atoms with Crippen molar-refractivity contribution in [2.24, 2.45) is 0 Å². The van der Waals surface area contributed by atoms with Crippen LogP contribution in [0.15, 0.2) is 59.5 Å². The number of hydrogen-bond donors (Lipinski definition) is 2. The van der Waals surface area contributed by atoms with Crippen LogP contribution in [0.25, 0.3) is 0 Å². The van der Waals surface area contributed by atoms with E-state index in [9.17, 15) is 18.0 Å². The number of esters is 1.